The van der Waals surface area contributed by atoms with Crippen LogP contribution in [0.25, 0.3) is 0 Å². The predicted molar refractivity (Wildman–Crippen MR) is 79.4 cm³/mol. The number of hydrogen-bond acceptors (Lipinski definition) is 3. The average molecular weight is 270 g/mol. The summed E-state index contributed by atoms with van der Waals surface area (Å²) in [5.41, 5.74) is 4.20. The van der Waals surface area contributed by atoms with Gasteiger partial charge in [-0.05, 0) is 19.9 Å². The van der Waals surface area contributed by atoms with E-state index in [9.17, 15) is 4.79 Å². The summed E-state index contributed by atoms with van der Waals surface area (Å²) in [4.78, 5) is 17.3. The van der Waals surface area contributed by atoms with Crippen LogP contribution in [-0.2, 0) is 4.79 Å². The Morgan fingerprint density at radius 1 is 1.21 bits per heavy atom. The summed E-state index contributed by atoms with van der Waals surface area (Å²) in [7, 11) is 0. The number of hydrogen-bond donors (Lipinski definition) is 1. The van der Waals surface area contributed by atoms with Crippen molar-refractivity contribution in [3.05, 3.63) is 51.9 Å². The zero-order chi connectivity index (χ0) is 13.4. The van der Waals surface area contributed by atoms with E-state index in [2.05, 4.69) is 47.6 Å². The molecule has 1 aliphatic heterocycles. The first kappa shape index (κ1) is 12.1. The Bertz CT molecular complexity index is 668. The number of nitrogens with one attached hydrogen (secondary N) is 1. The molecule has 0 fully saturated rings. The first-order valence-corrected chi connectivity index (χ1v) is 6.97. The molecule has 0 spiro atoms. The summed E-state index contributed by atoms with van der Waals surface area (Å²) in [5, 5.41) is 3.82. The molecule has 0 radical (unpaired) electrons. The molecule has 0 aliphatic carbocycles. The number of carbonyl (C=O) groups is 1. The number of rotatable bonds is 1. The highest BCUT2D eigenvalue weighted by atomic mass is 32.1. The van der Waals surface area contributed by atoms with E-state index >= 15 is 0 Å². The van der Waals surface area contributed by atoms with Crippen LogP contribution in [0.1, 0.15) is 21.6 Å². The van der Waals surface area contributed by atoms with E-state index in [1.54, 1.807) is 11.3 Å². The monoisotopic (exact) mass is 270 g/mol. The molecule has 2 heterocycles. The van der Waals surface area contributed by atoms with Crippen LogP contribution in [0.5, 0.6) is 0 Å². The van der Waals surface area contributed by atoms with E-state index in [4.69, 9.17) is 0 Å². The number of amides is 1. The summed E-state index contributed by atoms with van der Waals surface area (Å²) in [6.45, 7) is 4.28. The smallest absolute Gasteiger partial charge is 0.246 e. The van der Waals surface area contributed by atoms with E-state index in [-0.39, 0.29) is 12.5 Å². The molecule has 0 bridgehead atoms. The maximum Gasteiger partial charge on any atom is 0.246 e. The van der Waals surface area contributed by atoms with Crippen molar-refractivity contribution in [3.63, 3.8) is 0 Å². The Balaban J connectivity index is 2.14. The molecule has 1 aromatic heterocycles. The summed E-state index contributed by atoms with van der Waals surface area (Å²) in [6, 6.07) is 10.3. The number of carbonyl (C=O) groups excluding carboxylic acids is 1. The number of fused-ring (bicyclic) bond motifs is 1. The highest BCUT2D eigenvalue weighted by Crippen LogP contribution is 2.31. The fraction of sp³-hybridized carbons (Fsp3) is 0.200. The van der Waals surface area contributed by atoms with Crippen LogP contribution in [0.15, 0.2) is 35.3 Å². The average Bonchev–Trinajstić information content (AvgIpc) is 2.65. The Morgan fingerprint density at radius 3 is 2.68 bits per heavy atom. The van der Waals surface area contributed by atoms with Crippen molar-refractivity contribution >= 4 is 28.0 Å². The molecule has 1 N–H and O–H groups in total. The molecule has 0 unspecified atom stereocenters. The number of nitrogens with zero attached hydrogens (tertiary/aromatic N) is 1. The Labute approximate surface area is 116 Å². The van der Waals surface area contributed by atoms with E-state index in [1.807, 2.05) is 6.92 Å². The molecule has 3 rings (SSSR count). The molecule has 1 amide bonds. The van der Waals surface area contributed by atoms with Gasteiger partial charge in [-0.1, -0.05) is 29.8 Å². The van der Waals surface area contributed by atoms with Crippen molar-refractivity contribution in [2.75, 3.05) is 11.9 Å². The minimum Gasteiger partial charge on any atom is -0.316 e. The highest BCUT2D eigenvalue weighted by Gasteiger charge is 2.20. The molecule has 3 nitrogen and oxygen atoms in total. The standard InChI is InChI=1S/C15H14N2OS/c1-9-3-5-11(6-4-9)14-12-7-10(2)19-15(12)17-13(18)8-16-14/h3-7H,8H2,1-2H3,(H,17,18). The minimum atomic E-state index is -0.0507. The number of aliphatic imine (C=N–C) groups is 1. The van der Waals surface area contributed by atoms with E-state index in [1.165, 1.54) is 10.4 Å². The van der Waals surface area contributed by atoms with Gasteiger partial charge in [-0.25, -0.2) is 0 Å². The second-order valence-corrected chi connectivity index (χ2v) is 5.94. The Morgan fingerprint density at radius 2 is 1.95 bits per heavy atom. The van der Waals surface area contributed by atoms with Gasteiger partial charge in [-0.15, -0.1) is 11.3 Å². The Hall–Kier alpha value is -1.94. The molecule has 96 valence electrons. The number of benzene rings is 1. The molecular weight excluding hydrogens is 256 g/mol. The van der Waals surface area contributed by atoms with Crippen molar-refractivity contribution < 1.29 is 4.79 Å². The number of anilines is 1. The third-order valence-electron chi connectivity index (χ3n) is 3.07. The zero-order valence-corrected chi connectivity index (χ0v) is 11.7. The SMILES string of the molecule is Cc1ccc(C2=NCC(=O)Nc3sc(C)cc32)cc1. The second kappa shape index (κ2) is 4.63. The summed E-state index contributed by atoms with van der Waals surface area (Å²) >= 11 is 1.60. The van der Waals surface area contributed by atoms with E-state index < -0.39 is 0 Å². The van der Waals surface area contributed by atoms with Gasteiger partial charge in [0.05, 0.1) is 5.71 Å². The van der Waals surface area contributed by atoms with Gasteiger partial charge in [0.15, 0.2) is 0 Å². The van der Waals surface area contributed by atoms with Crippen LogP contribution in [0.3, 0.4) is 0 Å². The van der Waals surface area contributed by atoms with Crippen LogP contribution in [0.4, 0.5) is 5.00 Å². The first-order valence-electron chi connectivity index (χ1n) is 6.15. The van der Waals surface area contributed by atoms with Crippen LogP contribution in [0, 0.1) is 13.8 Å². The molecule has 19 heavy (non-hydrogen) atoms. The largest absolute Gasteiger partial charge is 0.316 e. The summed E-state index contributed by atoms with van der Waals surface area (Å²) < 4.78 is 0. The predicted octanol–water partition coefficient (Wildman–Crippen LogP) is 3.15. The van der Waals surface area contributed by atoms with Gasteiger partial charge in [0, 0.05) is 16.0 Å². The van der Waals surface area contributed by atoms with Crippen molar-refractivity contribution in [2.24, 2.45) is 4.99 Å². The van der Waals surface area contributed by atoms with Gasteiger partial charge < -0.3 is 5.32 Å². The first-order chi connectivity index (χ1) is 9.13. The van der Waals surface area contributed by atoms with Gasteiger partial charge in [-0.2, -0.15) is 0 Å². The van der Waals surface area contributed by atoms with E-state index in [0.29, 0.717) is 0 Å². The maximum absolute atomic E-state index is 11.7. The van der Waals surface area contributed by atoms with Gasteiger partial charge >= 0.3 is 0 Å². The molecule has 4 heteroatoms. The lowest BCUT2D eigenvalue weighted by molar-refractivity contribution is -0.114. The fourth-order valence-corrected chi connectivity index (χ4v) is 3.07. The third-order valence-corrected chi connectivity index (χ3v) is 4.04. The quantitative estimate of drug-likeness (QED) is 0.849. The molecule has 0 saturated heterocycles. The lowest BCUT2D eigenvalue weighted by atomic mass is 10.0. The van der Waals surface area contributed by atoms with Gasteiger partial charge in [0.1, 0.15) is 11.5 Å². The normalized spacial score (nSPS) is 14.4. The second-order valence-electron chi connectivity index (χ2n) is 4.68. The number of aryl methyl sites for hydroxylation is 2. The van der Waals surface area contributed by atoms with Crippen LogP contribution < -0.4 is 5.32 Å². The zero-order valence-electron chi connectivity index (χ0n) is 10.9. The van der Waals surface area contributed by atoms with Gasteiger partial charge in [0.2, 0.25) is 5.91 Å². The van der Waals surface area contributed by atoms with E-state index in [0.717, 1.165) is 21.8 Å². The lowest BCUT2D eigenvalue weighted by Gasteiger charge is -2.05. The van der Waals surface area contributed by atoms with Crippen molar-refractivity contribution in [2.45, 2.75) is 13.8 Å². The van der Waals surface area contributed by atoms with Gasteiger partial charge in [0.25, 0.3) is 0 Å². The minimum absolute atomic E-state index is 0.0507. The van der Waals surface area contributed by atoms with Crippen LogP contribution in [0.2, 0.25) is 0 Å². The molecule has 0 atom stereocenters. The topological polar surface area (TPSA) is 41.5 Å². The van der Waals surface area contributed by atoms with Crippen LogP contribution >= 0.6 is 11.3 Å². The van der Waals surface area contributed by atoms with Crippen molar-refractivity contribution in [1.82, 2.24) is 0 Å². The van der Waals surface area contributed by atoms with Crippen molar-refractivity contribution in [3.8, 4) is 0 Å². The van der Waals surface area contributed by atoms with Crippen molar-refractivity contribution in [1.29, 1.82) is 0 Å². The van der Waals surface area contributed by atoms with Gasteiger partial charge in [-0.3, -0.25) is 9.79 Å². The summed E-state index contributed by atoms with van der Waals surface area (Å²) in [5.74, 6) is -0.0507. The molecule has 1 aliphatic rings. The molecule has 1 aromatic carbocycles. The molecular formula is C15H14N2OS. The fourth-order valence-electron chi connectivity index (χ4n) is 2.14. The summed E-state index contributed by atoms with van der Waals surface area (Å²) in [6.07, 6.45) is 0. The number of thiophene rings is 1. The molecule has 0 saturated carbocycles. The third kappa shape index (κ3) is 2.31. The lowest BCUT2D eigenvalue weighted by Crippen LogP contribution is -2.12. The molecule has 2 aromatic rings. The van der Waals surface area contributed by atoms with Crippen LogP contribution in [-0.4, -0.2) is 18.2 Å². The maximum atomic E-state index is 11.7. The Kier molecular flexibility index (Phi) is 2.95. The highest BCUT2D eigenvalue weighted by molar-refractivity contribution is 7.16.